The Morgan fingerprint density at radius 1 is 1.06 bits per heavy atom. The Balaban J connectivity index is 2.10. The Morgan fingerprint density at radius 3 is 2.48 bits per heavy atom. The Kier molecular flexibility index (Phi) is 5.14. The standard InChI is InChI=1S/C26H19NO4/c1-17(24(28)30-2)23(19-10-8-9-18(15-19)16-27)26(20-11-4-3-5-12-20)21-13-6-7-14-22(21)31-25(26)29/h3-15,23H,1H2,2H3/t23-,26-/m0/s1. The second-order valence-corrected chi connectivity index (χ2v) is 7.25. The van der Waals surface area contributed by atoms with Crippen LogP contribution in [-0.2, 0) is 19.7 Å². The van der Waals surface area contributed by atoms with Gasteiger partial charge in [0.2, 0.25) is 0 Å². The molecule has 0 bridgehead atoms. The zero-order valence-corrected chi connectivity index (χ0v) is 16.9. The third-order valence-corrected chi connectivity index (χ3v) is 5.64. The van der Waals surface area contributed by atoms with Crippen molar-refractivity contribution in [3.05, 3.63) is 113 Å². The van der Waals surface area contributed by atoms with Gasteiger partial charge in [-0.2, -0.15) is 5.26 Å². The highest BCUT2D eigenvalue weighted by Crippen LogP contribution is 2.55. The molecular weight excluding hydrogens is 390 g/mol. The van der Waals surface area contributed by atoms with Crippen LogP contribution in [0.1, 0.15) is 28.2 Å². The number of hydrogen-bond donors (Lipinski definition) is 0. The first kappa shape index (κ1) is 20.1. The maximum Gasteiger partial charge on any atom is 0.333 e. The minimum atomic E-state index is -1.38. The Bertz CT molecular complexity index is 1230. The summed E-state index contributed by atoms with van der Waals surface area (Å²) in [7, 11) is 1.27. The van der Waals surface area contributed by atoms with Crippen molar-refractivity contribution in [2.45, 2.75) is 11.3 Å². The molecule has 1 heterocycles. The molecule has 5 nitrogen and oxygen atoms in total. The van der Waals surface area contributed by atoms with Gasteiger partial charge in [0.25, 0.3) is 0 Å². The van der Waals surface area contributed by atoms with Gasteiger partial charge in [-0.1, -0.05) is 67.2 Å². The van der Waals surface area contributed by atoms with Crippen molar-refractivity contribution in [3.8, 4) is 11.8 Å². The van der Waals surface area contributed by atoms with E-state index < -0.39 is 23.3 Å². The SMILES string of the molecule is C=C(C(=O)OC)[C@@H](c1cccc(C#N)c1)[C@@]1(c2ccccc2)C(=O)Oc2ccccc21. The zero-order valence-electron chi connectivity index (χ0n) is 16.9. The molecule has 2 atom stereocenters. The van der Waals surface area contributed by atoms with E-state index in [0.29, 0.717) is 28.0 Å². The molecule has 5 heteroatoms. The lowest BCUT2D eigenvalue weighted by Crippen LogP contribution is -2.43. The average Bonchev–Trinajstić information content (AvgIpc) is 3.11. The minimum absolute atomic E-state index is 0.0927. The molecule has 0 aromatic heterocycles. The molecule has 3 aromatic carbocycles. The molecule has 1 aliphatic rings. The fourth-order valence-corrected chi connectivity index (χ4v) is 4.34. The minimum Gasteiger partial charge on any atom is -0.466 e. The van der Waals surface area contributed by atoms with Gasteiger partial charge in [-0.05, 0) is 29.3 Å². The van der Waals surface area contributed by atoms with Gasteiger partial charge in [-0.25, -0.2) is 4.79 Å². The number of hydrogen-bond acceptors (Lipinski definition) is 5. The van der Waals surface area contributed by atoms with Crippen LogP contribution >= 0.6 is 0 Å². The van der Waals surface area contributed by atoms with Crippen LogP contribution in [-0.4, -0.2) is 19.0 Å². The number of nitrogens with zero attached hydrogens (tertiary/aromatic N) is 1. The number of benzene rings is 3. The van der Waals surface area contributed by atoms with E-state index in [-0.39, 0.29) is 5.57 Å². The summed E-state index contributed by atoms with van der Waals surface area (Å²) in [5.74, 6) is -1.58. The van der Waals surface area contributed by atoms with Crippen LogP contribution in [0, 0.1) is 11.3 Å². The van der Waals surface area contributed by atoms with Gasteiger partial charge in [0.15, 0.2) is 0 Å². The number of methoxy groups -OCH3 is 1. The first-order valence-corrected chi connectivity index (χ1v) is 9.68. The molecule has 0 saturated carbocycles. The van der Waals surface area contributed by atoms with Crippen molar-refractivity contribution in [2.24, 2.45) is 0 Å². The van der Waals surface area contributed by atoms with E-state index in [2.05, 4.69) is 12.6 Å². The zero-order chi connectivity index (χ0) is 22.0. The molecule has 0 spiro atoms. The van der Waals surface area contributed by atoms with E-state index in [0.717, 1.165) is 0 Å². The van der Waals surface area contributed by atoms with Crippen LogP contribution in [0.25, 0.3) is 0 Å². The fourth-order valence-electron chi connectivity index (χ4n) is 4.34. The second-order valence-electron chi connectivity index (χ2n) is 7.25. The summed E-state index contributed by atoms with van der Waals surface area (Å²) in [5, 5.41) is 9.44. The van der Waals surface area contributed by atoms with Crippen molar-refractivity contribution in [1.82, 2.24) is 0 Å². The predicted molar refractivity (Wildman–Crippen MR) is 114 cm³/mol. The molecule has 0 saturated heterocycles. The van der Waals surface area contributed by atoms with Crippen LogP contribution in [0.5, 0.6) is 5.75 Å². The van der Waals surface area contributed by atoms with Gasteiger partial charge in [0.1, 0.15) is 11.2 Å². The molecule has 0 N–H and O–H groups in total. The fraction of sp³-hybridized carbons (Fsp3) is 0.115. The van der Waals surface area contributed by atoms with Gasteiger partial charge in [0, 0.05) is 17.1 Å². The number of rotatable bonds is 5. The lowest BCUT2D eigenvalue weighted by molar-refractivity contribution is -0.138. The van der Waals surface area contributed by atoms with Crippen LogP contribution in [0.3, 0.4) is 0 Å². The maximum absolute atomic E-state index is 13.7. The molecule has 152 valence electrons. The lowest BCUT2D eigenvalue weighted by atomic mass is 9.62. The number of ether oxygens (including phenoxy) is 2. The van der Waals surface area contributed by atoms with Gasteiger partial charge in [0.05, 0.1) is 18.7 Å². The van der Waals surface area contributed by atoms with E-state index >= 15 is 0 Å². The van der Waals surface area contributed by atoms with Crippen LogP contribution in [0.15, 0.2) is 91.0 Å². The first-order chi connectivity index (χ1) is 15.0. The Hall–Kier alpha value is -4.17. The summed E-state index contributed by atoms with van der Waals surface area (Å²) < 4.78 is 10.7. The second kappa shape index (κ2) is 7.92. The topological polar surface area (TPSA) is 76.4 Å². The number of fused-ring (bicyclic) bond motifs is 1. The number of carbonyl (C=O) groups excluding carboxylic acids is 2. The van der Waals surface area contributed by atoms with Crippen molar-refractivity contribution in [2.75, 3.05) is 7.11 Å². The van der Waals surface area contributed by atoms with Crippen molar-refractivity contribution in [3.63, 3.8) is 0 Å². The molecule has 31 heavy (non-hydrogen) atoms. The highest BCUT2D eigenvalue weighted by atomic mass is 16.5. The maximum atomic E-state index is 13.7. The largest absolute Gasteiger partial charge is 0.466 e. The number of para-hydroxylation sites is 1. The first-order valence-electron chi connectivity index (χ1n) is 9.68. The summed E-state index contributed by atoms with van der Waals surface area (Å²) in [4.78, 5) is 26.3. The van der Waals surface area contributed by atoms with Gasteiger partial charge in [-0.15, -0.1) is 0 Å². The summed E-state index contributed by atoms with van der Waals surface area (Å²) in [6.07, 6.45) is 0. The molecule has 0 radical (unpaired) electrons. The lowest BCUT2D eigenvalue weighted by Gasteiger charge is -2.36. The quantitative estimate of drug-likeness (QED) is 0.357. The summed E-state index contributed by atoms with van der Waals surface area (Å²) in [6.45, 7) is 4.01. The number of nitriles is 1. The third kappa shape index (κ3) is 3.10. The highest BCUT2D eigenvalue weighted by Gasteiger charge is 2.57. The number of esters is 2. The molecule has 0 unspecified atom stereocenters. The highest BCUT2D eigenvalue weighted by molar-refractivity contribution is 6.00. The van der Waals surface area contributed by atoms with E-state index in [1.54, 1.807) is 36.4 Å². The Morgan fingerprint density at radius 2 is 1.77 bits per heavy atom. The smallest absolute Gasteiger partial charge is 0.333 e. The van der Waals surface area contributed by atoms with Crippen LogP contribution in [0.4, 0.5) is 0 Å². The molecular formula is C26H19NO4. The van der Waals surface area contributed by atoms with E-state index in [1.807, 2.05) is 42.5 Å². The summed E-state index contributed by atoms with van der Waals surface area (Å²) in [6, 6.07) is 25.3. The van der Waals surface area contributed by atoms with Gasteiger partial charge in [-0.3, -0.25) is 4.79 Å². The molecule has 0 amide bonds. The average molecular weight is 409 g/mol. The Labute approximate surface area is 180 Å². The molecule has 0 fully saturated rings. The van der Waals surface area contributed by atoms with Crippen molar-refractivity contribution >= 4 is 11.9 Å². The van der Waals surface area contributed by atoms with Gasteiger partial charge >= 0.3 is 11.9 Å². The third-order valence-electron chi connectivity index (χ3n) is 5.64. The number of carbonyl (C=O) groups is 2. The monoisotopic (exact) mass is 409 g/mol. The van der Waals surface area contributed by atoms with Crippen LogP contribution < -0.4 is 4.74 Å². The van der Waals surface area contributed by atoms with Gasteiger partial charge < -0.3 is 9.47 Å². The molecule has 0 aliphatic carbocycles. The summed E-state index contributed by atoms with van der Waals surface area (Å²) in [5.41, 5.74) is 0.994. The molecule has 1 aliphatic heterocycles. The van der Waals surface area contributed by atoms with E-state index in [9.17, 15) is 14.9 Å². The normalized spacial score (nSPS) is 17.7. The van der Waals surface area contributed by atoms with Crippen molar-refractivity contribution in [1.29, 1.82) is 5.26 Å². The summed E-state index contributed by atoms with van der Waals surface area (Å²) >= 11 is 0. The van der Waals surface area contributed by atoms with Crippen LogP contribution in [0.2, 0.25) is 0 Å². The van der Waals surface area contributed by atoms with E-state index in [1.165, 1.54) is 7.11 Å². The van der Waals surface area contributed by atoms with Crippen molar-refractivity contribution < 1.29 is 19.1 Å². The molecule has 4 rings (SSSR count). The predicted octanol–water partition coefficient (Wildman–Crippen LogP) is 4.28. The van der Waals surface area contributed by atoms with E-state index in [4.69, 9.17) is 9.47 Å². The molecule has 3 aromatic rings.